The quantitative estimate of drug-likeness (QED) is 0.113. The predicted octanol–water partition coefficient (Wildman–Crippen LogP) is 12.9. The maximum Gasteiger partial charge on any atom is 0.155 e. The molecular formula is C50H44N2. The van der Waals surface area contributed by atoms with E-state index in [2.05, 4.69) is 171 Å². The number of hydrogen-bond acceptors (Lipinski definition) is 1. The third kappa shape index (κ3) is 7.16. The van der Waals surface area contributed by atoms with Gasteiger partial charge in [-0.3, -0.25) is 4.99 Å². The summed E-state index contributed by atoms with van der Waals surface area (Å²) in [5.41, 5.74) is 12.1. The molecule has 0 spiro atoms. The zero-order valence-electron chi connectivity index (χ0n) is 29.9. The number of nitrogens with zero attached hydrogens (tertiary/aromatic N) is 2. The highest BCUT2D eigenvalue weighted by Crippen LogP contribution is 2.45. The lowest BCUT2D eigenvalue weighted by atomic mass is 9.65. The van der Waals surface area contributed by atoms with Gasteiger partial charge in [0.2, 0.25) is 0 Å². The normalized spacial score (nSPS) is 14.7. The summed E-state index contributed by atoms with van der Waals surface area (Å²) in [6, 6.07) is 63.5. The maximum atomic E-state index is 5.10. The van der Waals surface area contributed by atoms with E-state index in [0.29, 0.717) is 6.54 Å². The summed E-state index contributed by atoms with van der Waals surface area (Å²) in [6.07, 6.45) is 6.18. The summed E-state index contributed by atoms with van der Waals surface area (Å²) >= 11 is 0. The lowest BCUT2D eigenvalue weighted by Crippen LogP contribution is -2.30. The molecule has 8 rings (SSSR count). The average Bonchev–Trinajstić information content (AvgIpc) is 3.23. The topological polar surface area (TPSA) is 24.7 Å². The first-order valence-electron chi connectivity index (χ1n) is 18.6. The highest BCUT2D eigenvalue weighted by Gasteiger charge is 2.35. The molecule has 0 aromatic heterocycles. The minimum absolute atomic E-state index is 0.0363. The van der Waals surface area contributed by atoms with E-state index in [1.54, 1.807) is 0 Å². The van der Waals surface area contributed by atoms with E-state index in [1.807, 2.05) is 12.1 Å². The zero-order valence-corrected chi connectivity index (χ0v) is 29.9. The van der Waals surface area contributed by atoms with Crippen LogP contribution in [0, 0.1) is 0 Å². The van der Waals surface area contributed by atoms with Crippen molar-refractivity contribution in [3.05, 3.63) is 204 Å². The van der Waals surface area contributed by atoms with Gasteiger partial charge in [0.05, 0.1) is 6.54 Å². The van der Waals surface area contributed by atoms with Gasteiger partial charge < -0.3 is 0 Å². The number of fused-ring (bicyclic) bond motifs is 1. The molecule has 0 N–H and O–H groups in total. The van der Waals surface area contributed by atoms with E-state index in [-0.39, 0.29) is 5.41 Å². The molecule has 1 aliphatic carbocycles. The van der Waals surface area contributed by atoms with E-state index >= 15 is 0 Å². The van der Waals surface area contributed by atoms with Crippen LogP contribution >= 0.6 is 0 Å². The van der Waals surface area contributed by atoms with Gasteiger partial charge in [0.1, 0.15) is 0 Å². The van der Waals surface area contributed by atoms with Crippen molar-refractivity contribution in [1.82, 2.24) is 0 Å². The minimum atomic E-state index is 0.0363. The summed E-state index contributed by atoms with van der Waals surface area (Å²) in [4.78, 5) is 10.2. The van der Waals surface area contributed by atoms with Gasteiger partial charge in [0, 0.05) is 16.7 Å². The van der Waals surface area contributed by atoms with Crippen LogP contribution in [0.3, 0.4) is 0 Å². The maximum absolute atomic E-state index is 5.10. The highest BCUT2D eigenvalue weighted by atomic mass is 14.9. The van der Waals surface area contributed by atoms with Gasteiger partial charge in [-0.1, -0.05) is 189 Å². The average molecular weight is 673 g/mol. The van der Waals surface area contributed by atoms with Crippen LogP contribution in [0.5, 0.6) is 0 Å². The molecule has 52 heavy (non-hydrogen) atoms. The number of aliphatic imine (C=N–C) groups is 2. The van der Waals surface area contributed by atoms with E-state index < -0.39 is 0 Å². The van der Waals surface area contributed by atoms with Crippen LogP contribution in [0.1, 0.15) is 66.8 Å². The van der Waals surface area contributed by atoms with Gasteiger partial charge in [-0.2, -0.15) is 0 Å². The number of benzene rings is 7. The van der Waals surface area contributed by atoms with Crippen molar-refractivity contribution in [3.63, 3.8) is 0 Å². The Bertz CT molecular complexity index is 2310. The van der Waals surface area contributed by atoms with Crippen molar-refractivity contribution in [3.8, 4) is 22.3 Å². The van der Waals surface area contributed by atoms with Crippen LogP contribution in [0.4, 0.5) is 0 Å². The number of hydrogen-bond donors (Lipinski definition) is 0. The Morgan fingerprint density at radius 2 is 1.02 bits per heavy atom. The molecule has 0 unspecified atom stereocenters. The molecule has 254 valence electrons. The van der Waals surface area contributed by atoms with Gasteiger partial charge in [-0.05, 0) is 81.1 Å². The molecule has 0 bridgehead atoms. The van der Waals surface area contributed by atoms with Crippen molar-refractivity contribution < 1.29 is 0 Å². The Morgan fingerprint density at radius 1 is 0.481 bits per heavy atom. The predicted molar refractivity (Wildman–Crippen MR) is 220 cm³/mol. The van der Waals surface area contributed by atoms with Gasteiger partial charge >= 0.3 is 0 Å². The molecule has 2 nitrogen and oxygen atoms in total. The summed E-state index contributed by atoms with van der Waals surface area (Å²) in [7, 11) is 0. The molecule has 1 aliphatic rings. The molecule has 2 heteroatoms. The van der Waals surface area contributed by atoms with E-state index in [0.717, 1.165) is 22.7 Å². The largest absolute Gasteiger partial charge is 0.261 e. The summed E-state index contributed by atoms with van der Waals surface area (Å²) in [5.74, 6) is 0.754. The summed E-state index contributed by atoms with van der Waals surface area (Å²) in [5, 5.41) is 2.56. The van der Waals surface area contributed by atoms with Crippen LogP contribution < -0.4 is 0 Å². The fourth-order valence-electron chi connectivity index (χ4n) is 7.88. The van der Waals surface area contributed by atoms with E-state index in [4.69, 9.17) is 9.98 Å². The third-order valence-electron chi connectivity index (χ3n) is 10.9. The molecule has 7 aromatic rings. The Morgan fingerprint density at radius 3 is 1.71 bits per heavy atom. The second kappa shape index (κ2) is 15.2. The number of rotatable bonds is 8. The van der Waals surface area contributed by atoms with Crippen molar-refractivity contribution in [2.45, 2.75) is 51.0 Å². The lowest BCUT2D eigenvalue weighted by molar-refractivity contribution is 0.346. The first kappa shape index (κ1) is 33.3. The van der Waals surface area contributed by atoms with Gasteiger partial charge in [0.25, 0.3) is 0 Å². The molecule has 0 radical (unpaired) electrons. The van der Waals surface area contributed by atoms with Crippen LogP contribution in [0.2, 0.25) is 0 Å². The second-order valence-corrected chi connectivity index (χ2v) is 14.1. The van der Waals surface area contributed by atoms with Crippen LogP contribution in [-0.2, 0) is 12.0 Å². The molecule has 0 aliphatic heterocycles. The van der Waals surface area contributed by atoms with E-state index in [9.17, 15) is 0 Å². The molecule has 1 fully saturated rings. The summed E-state index contributed by atoms with van der Waals surface area (Å²) in [6.45, 7) is 2.64. The smallest absolute Gasteiger partial charge is 0.155 e. The molecule has 0 heterocycles. The van der Waals surface area contributed by atoms with Gasteiger partial charge in [0.15, 0.2) is 5.84 Å². The summed E-state index contributed by atoms with van der Waals surface area (Å²) < 4.78 is 0. The molecule has 0 atom stereocenters. The fraction of sp³-hybridized carbons (Fsp3) is 0.160. The molecule has 0 amide bonds. The first-order chi connectivity index (χ1) is 25.6. The van der Waals surface area contributed by atoms with Crippen LogP contribution in [0.25, 0.3) is 33.0 Å². The van der Waals surface area contributed by atoms with Gasteiger partial charge in [-0.15, -0.1) is 0 Å². The zero-order chi connectivity index (χ0) is 35.2. The molecule has 0 saturated heterocycles. The van der Waals surface area contributed by atoms with Crippen LogP contribution in [-0.4, -0.2) is 11.5 Å². The lowest BCUT2D eigenvalue weighted by Gasteiger charge is -2.39. The minimum Gasteiger partial charge on any atom is -0.261 e. The molecule has 1 saturated carbocycles. The third-order valence-corrected chi connectivity index (χ3v) is 10.9. The fourth-order valence-corrected chi connectivity index (χ4v) is 7.88. The van der Waals surface area contributed by atoms with Crippen molar-refractivity contribution in [2.24, 2.45) is 9.98 Å². The van der Waals surface area contributed by atoms with Crippen molar-refractivity contribution >= 4 is 22.3 Å². The van der Waals surface area contributed by atoms with Crippen LogP contribution in [0.15, 0.2) is 186 Å². The Hall–Kier alpha value is -5.86. The molecular weight excluding hydrogens is 629 g/mol. The first-order valence-corrected chi connectivity index (χ1v) is 18.6. The number of amidine groups is 1. The van der Waals surface area contributed by atoms with E-state index in [1.165, 1.54) is 81.8 Å². The molecule has 7 aromatic carbocycles. The Balaban J connectivity index is 1.04. The monoisotopic (exact) mass is 672 g/mol. The SMILES string of the molecule is CC(=NC(=NCc1ccc(C2(c3ccc(-c4ccc5ccccc5c4)cc3)CCCCC2)cc1)c1ccccc1)c1ccc(-c2ccccc2)cc1. The Labute approximate surface area is 308 Å². The Kier molecular flexibility index (Phi) is 9.71. The van der Waals surface area contributed by atoms with Gasteiger partial charge in [-0.25, -0.2) is 4.99 Å². The second-order valence-electron chi connectivity index (χ2n) is 14.1. The highest BCUT2D eigenvalue weighted by molar-refractivity contribution is 6.11. The van der Waals surface area contributed by atoms with Crippen molar-refractivity contribution in [2.75, 3.05) is 0 Å². The standard InChI is InChI=1S/C50H44N2/c1-37(39-21-23-42(24-22-39)40-13-5-2-6-14-40)52-49(44-16-7-3-8-17-44)51-36-38-19-29-47(30-20-38)50(33-11-4-12-34-50)48-31-27-43(28-32-48)46-26-25-41-15-9-10-18-45(41)35-46/h2-3,5-10,13-32,35H,4,11-12,33-34,36H2,1H3. The van der Waals surface area contributed by atoms with Crippen molar-refractivity contribution in [1.29, 1.82) is 0 Å².